The zero-order chi connectivity index (χ0) is 33.9. The molecule has 3 aromatic heterocycles. The minimum atomic E-state index is -0.0552. The predicted molar refractivity (Wildman–Crippen MR) is 212 cm³/mol. The summed E-state index contributed by atoms with van der Waals surface area (Å²) in [5.41, 5.74) is 11.0. The van der Waals surface area contributed by atoms with Crippen LogP contribution in [0.25, 0.3) is 83.1 Å². The number of nitrogens with zero attached hydrogens (tertiary/aromatic N) is 3. The van der Waals surface area contributed by atoms with E-state index in [1.54, 1.807) is 0 Å². The Morgan fingerprint density at radius 2 is 0.765 bits per heavy atom. The maximum atomic E-state index is 14.6. The van der Waals surface area contributed by atoms with E-state index in [-0.39, 0.29) is 5.56 Å². The molecule has 0 bridgehead atoms. The summed E-state index contributed by atoms with van der Waals surface area (Å²) >= 11 is 0. The third-order valence-electron chi connectivity index (χ3n) is 10.0. The number of pyridine rings is 1. The summed E-state index contributed by atoms with van der Waals surface area (Å²) in [7, 11) is 0. The van der Waals surface area contributed by atoms with Crippen LogP contribution in [0, 0.1) is 0 Å². The number of aromatic nitrogens is 3. The second-order valence-electron chi connectivity index (χ2n) is 13.0. The zero-order valence-corrected chi connectivity index (χ0v) is 27.6. The van der Waals surface area contributed by atoms with E-state index in [9.17, 15) is 4.79 Å². The van der Waals surface area contributed by atoms with Crippen LogP contribution in [-0.2, 0) is 0 Å². The molecule has 10 rings (SSSR count). The Morgan fingerprint density at radius 3 is 1.37 bits per heavy atom. The predicted octanol–water partition coefficient (Wildman–Crippen LogP) is 11.4. The van der Waals surface area contributed by atoms with Crippen LogP contribution in [0.4, 0.5) is 0 Å². The fourth-order valence-electron chi connectivity index (χ4n) is 7.75. The fourth-order valence-corrected chi connectivity index (χ4v) is 7.75. The van der Waals surface area contributed by atoms with Crippen LogP contribution < -0.4 is 5.56 Å². The van der Waals surface area contributed by atoms with Gasteiger partial charge in [-0.15, -0.1) is 0 Å². The van der Waals surface area contributed by atoms with Gasteiger partial charge in [-0.2, -0.15) is 0 Å². The van der Waals surface area contributed by atoms with Crippen molar-refractivity contribution in [2.24, 2.45) is 0 Å². The van der Waals surface area contributed by atoms with E-state index >= 15 is 0 Å². The Hall–Kier alpha value is -6.91. The van der Waals surface area contributed by atoms with Gasteiger partial charge in [0.15, 0.2) is 0 Å². The highest BCUT2D eigenvalue weighted by Crippen LogP contribution is 2.39. The molecule has 0 radical (unpaired) electrons. The minimum Gasteiger partial charge on any atom is -0.309 e. The molecule has 4 nitrogen and oxygen atoms in total. The van der Waals surface area contributed by atoms with E-state index in [0.717, 1.165) is 55.7 Å². The average Bonchev–Trinajstić information content (AvgIpc) is 3.71. The number of para-hydroxylation sites is 4. The van der Waals surface area contributed by atoms with Crippen molar-refractivity contribution in [1.29, 1.82) is 0 Å². The van der Waals surface area contributed by atoms with Crippen molar-refractivity contribution in [3.8, 4) is 39.3 Å². The second-order valence-corrected chi connectivity index (χ2v) is 13.0. The third kappa shape index (κ3) is 4.58. The molecule has 0 atom stereocenters. The molecule has 0 fully saturated rings. The molecular weight excluding hydrogens is 623 g/mol. The van der Waals surface area contributed by atoms with Gasteiger partial charge in [-0.25, -0.2) is 0 Å². The highest BCUT2D eigenvalue weighted by molar-refractivity contribution is 6.13. The summed E-state index contributed by atoms with van der Waals surface area (Å²) in [6.07, 6.45) is 0. The van der Waals surface area contributed by atoms with Crippen molar-refractivity contribution in [3.05, 3.63) is 198 Å². The molecule has 0 N–H and O–H groups in total. The summed E-state index contributed by atoms with van der Waals surface area (Å²) < 4.78 is 6.46. The molecule has 7 aromatic carbocycles. The Kier molecular flexibility index (Phi) is 6.61. The molecule has 0 amide bonds. The van der Waals surface area contributed by atoms with Gasteiger partial charge in [0.25, 0.3) is 5.56 Å². The van der Waals surface area contributed by atoms with Gasteiger partial charge in [-0.1, -0.05) is 115 Å². The van der Waals surface area contributed by atoms with Crippen LogP contribution in [0.3, 0.4) is 0 Å². The van der Waals surface area contributed by atoms with Crippen LogP contribution >= 0.6 is 0 Å². The fraction of sp³-hybridized carbons (Fsp3) is 0. The van der Waals surface area contributed by atoms with Crippen molar-refractivity contribution in [2.45, 2.75) is 0 Å². The lowest BCUT2D eigenvalue weighted by Gasteiger charge is -2.15. The number of rotatable bonds is 5. The zero-order valence-electron chi connectivity index (χ0n) is 27.6. The number of fused-ring (bicyclic) bond motifs is 6. The van der Waals surface area contributed by atoms with Gasteiger partial charge in [-0.05, 0) is 89.5 Å². The van der Waals surface area contributed by atoms with Crippen LogP contribution in [-0.4, -0.2) is 13.7 Å². The first-order chi connectivity index (χ1) is 25.2. The molecular formula is C47H31N3O. The van der Waals surface area contributed by atoms with Crippen LogP contribution in [0.2, 0.25) is 0 Å². The maximum absolute atomic E-state index is 14.6. The molecule has 4 heteroatoms. The van der Waals surface area contributed by atoms with Crippen molar-refractivity contribution in [3.63, 3.8) is 0 Å². The van der Waals surface area contributed by atoms with Gasteiger partial charge in [-0.3, -0.25) is 13.9 Å². The molecule has 10 aromatic rings. The molecule has 0 unspecified atom stereocenters. The summed E-state index contributed by atoms with van der Waals surface area (Å²) in [6, 6.07) is 65.1. The Bertz CT molecular complexity index is 2960. The Balaban J connectivity index is 1.28. The van der Waals surface area contributed by atoms with E-state index in [0.29, 0.717) is 5.56 Å². The smallest absolute Gasteiger partial charge is 0.264 e. The van der Waals surface area contributed by atoms with Crippen LogP contribution in [0.5, 0.6) is 0 Å². The SMILES string of the molecule is O=c1c(-c2ccccc2)cc2c3cc(-c4ccc5c(c4)c4ccccc4n5-c4ccccc4)ccc3n(-c3ccccc3)c2n1-c1ccccc1. The van der Waals surface area contributed by atoms with Gasteiger partial charge in [0.1, 0.15) is 5.65 Å². The maximum Gasteiger partial charge on any atom is 0.264 e. The normalized spacial score (nSPS) is 11.6. The van der Waals surface area contributed by atoms with Crippen LogP contribution in [0.1, 0.15) is 0 Å². The number of benzene rings is 7. The summed E-state index contributed by atoms with van der Waals surface area (Å²) in [5.74, 6) is 0. The van der Waals surface area contributed by atoms with E-state index < -0.39 is 0 Å². The molecule has 0 saturated heterocycles. The molecule has 240 valence electrons. The van der Waals surface area contributed by atoms with Crippen LogP contribution in [0.15, 0.2) is 193 Å². The molecule has 0 aliphatic carbocycles. The molecule has 0 aliphatic rings. The van der Waals surface area contributed by atoms with Gasteiger partial charge in [0, 0.05) is 38.5 Å². The Labute approximate surface area is 294 Å². The molecule has 3 heterocycles. The van der Waals surface area contributed by atoms with E-state index in [4.69, 9.17) is 0 Å². The lowest BCUT2D eigenvalue weighted by Crippen LogP contribution is -2.22. The van der Waals surface area contributed by atoms with Crippen molar-refractivity contribution < 1.29 is 0 Å². The first-order valence-corrected chi connectivity index (χ1v) is 17.2. The number of hydrogen-bond acceptors (Lipinski definition) is 1. The molecule has 0 spiro atoms. The van der Waals surface area contributed by atoms with E-state index in [1.165, 1.54) is 21.8 Å². The van der Waals surface area contributed by atoms with Crippen molar-refractivity contribution in [2.75, 3.05) is 0 Å². The lowest BCUT2D eigenvalue weighted by atomic mass is 10.00. The quantitative estimate of drug-likeness (QED) is 0.182. The van der Waals surface area contributed by atoms with E-state index in [1.807, 2.05) is 83.4 Å². The highest BCUT2D eigenvalue weighted by atomic mass is 16.1. The number of hydrogen-bond donors (Lipinski definition) is 0. The van der Waals surface area contributed by atoms with Gasteiger partial charge in [0.2, 0.25) is 0 Å². The Morgan fingerprint density at radius 1 is 0.314 bits per heavy atom. The standard InChI is InChI=1S/C47H31N3O/c51-47-39(32-15-5-1-6-16-32)31-42-41-30-34(26-28-45(41)49(36-19-9-3-10-20-36)46(42)50(47)37-21-11-4-12-22-37)33-25-27-44-40(29-33)38-23-13-14-24-43(38)48(44)35-17-7-2-8-18-35/h1-31H. The summed E-state index contributed by atoms with van der Waals surface area (Å²) in [6.45, 7) is 0. The van der Waals surface area contributed by atoms with Gasteiger partial charge < -0.3 is 4.57 Å². The molecule has 0 aliphatic heterocycles. The average molecular weight is 654 g/mol. The topological polar surface area (TPSA) is 31.9 Å². The molecule has 0 saturated carbocycles. The van der Waals surface area contributed by atoms with Gasteiger partial charge in [0.05, 0.1) is 22.2 Å². The first-order valence-electron chi connectivity index (χ1n) is 17.2. The molecule has 51 heavy (non-hydrogen) atoms. The minimum absolute atomic E-state index is 0.0552. The first kappa shape index (κ1) is 29.0. The highest BCUT2D eigenvalue weighted by Gasteiger charge is 2.22. The summed E-state index contributed by atoms with van der Waals surface area (Å²) in [5, 5.41) is 4.53. The van der Waals surface area contributed by atoms with Gasteiger partial charge >= 0.3 is 0 Å². The van der Waals surface area contributed by atoms with E-state index in [2.05, 4.69) is 118 Å². The monoisotopic (exact) mass is 653 g/mol. The van der Waals surface area contributed by atoms with Crippen molar-refractivity contribution in [1.82, 2.24) is 13.7 Å². The summed E-state index contributed by atoms with van der Waals surface area (Å²) in [4.78, 5) is 14.6. The van der Waals surface area contributed by atoms with Crippen molar-refractivity contribution >= 4 is 43.7 Å². The lowest BCUT2D eigenvalue weighted by molar-refractivity contribution is 0.987. The third-order valence-corrected chi connectivity index (χ3v) is 10.0. The second kappa shape index (κ2) is 11.6. The largest absolute Gasteiger partial charge is 0.309 e.